The van der Waals surface area contributed by atoms with Crippen molar-refractivity contribution in [3.63, 3.8) is 0 Å². The van der Waals surface area contributed by atoms with Crippen LogP contribution in [0.2, 0.25) is 0 Å². The molecule has 164 valence electrons. The molecule has 10 heteroatoms. The van der Waals surface area contributed by atoms with Crippen molar-refractivity contribution in [1.82, 2.24) is 19.6 Å². The zero-order chi connectivity index (χ0) is 21.6. The maximum absolute atomic E-state index is 13.5. The van der Waals surface area contributed by atoms with Crippen molar-refractivity contribution < 1.29 is 22.7 Å². The molecule has 1 saturated carbocycles. The SMILES string of the molecule is Cc1ncc(C(=O)NC2CC2)c([C@@H]2CCCN2S(=O)(=O)c2ccc3c(c2)OCCO3)n1. The molecule has 1 aromatic carbocycles. The smallest absolute Gasteiger partial charge is 0.254 e. The number of nitrogens with zero attached hydrogens (tertiary/aromatic N) is 3. The van der Waals surface area contributed by atoms with Gasteiger partial charge in [0.1, 0.15) is 19.0 Å². The molecular formula is C21H24N4O5S. The highest BCUT2D eigenvalue weighted by Crippen LogP contribution is 2.39. The van der Waals surface area contributed by atoms with Crippen LogP contribution in [0.4, 0.5) is 0 Å². The van der Waals surface area contributed by atoms with Gasteiger partial charge in [-0.15, -0.1) is 0 Å². The van der Waals surface area contributed by atoms with Crippen molar-refractivity contribution in [3.8, 4) is 11.5 Å². The number of amides is 1. The molecule has 0 radical (unpaired) electrons. The molecule has 2 aromatic rings. The third-order valence-corrected chi connectivity index (χ3v) is 7.64. The van der Waals surface area contributed by atoms with Gasteiger partial charge in [0.05, 0.1) is 22.2 Å². The fourth-order valence-corrected chi connectivity index (χ4v) is 5.70. The van der Waals surface area contributed by atoms with Gasteiger partial charge in [0.15, 0.2) is 11.5 Å². The number of sulfonamides is 1. The van der Waals surface area contributed by atoms with Gasteiger partial charge in [0, 0.05) is 24.8 Å². The zero-order valence-electron chi connectivity index (χ0n) is 17.2. The van der Waals surface area contributed by atoms with Crippen molar-refractivity contribution in [2.45, 2.75) is 49.6 Å². The molecule has 3 heterocycles. The number of benzene rings is 1. The number of hydrogen-bond donors (Lipinski definition) is 1. The van der Waals surface area contributed by atoms with E-state index >= 15 is 0 Å². The Morgan fingerprint density at radius 1 is 1.16 bits per heavy atom. The van der Waals surface area contributed by atoms with E-state index in [1.807, 2.05) is 0 Å². The van der Waals surface area contributed by atoms with Crippen molar-refractivity contribution >= 4 is 15.9 Å². The molecule has 3 aliphatic rings. The number of carbonyl (C=O) groups excluding carboxylic acids is 1. The third-order valence-electron chi connectivity index (χ3n) is 5.74. The van der Waals surface area contributed by atoms with Crippen LogP contribution in [0.5, 0.6) is 11.5 Å². The first-order chi connectivity index (χ1) is 14.9. The predicted octanol–water partition coefficient (Wildman–Crippen LogP) is 1.97. The maximum Gasteiger partial charge on any atom is 0.254 e. The van der Waals surface area contributed by atoms with E-state index in [0.717, 1.165) is 12.8 Å². The minimum Gasteiger partial charge on any atom is -0.486 e. The van der Waals surface area contributed by atoms with Crippen LogP contribution in [0.1, 0.15) is 53.6 Å². The molecule has 9 nitrogen and oxygen atoms in total. The fourth-order valence-electron chi connectivity index (χ4n) is 4.03. The van der Waals surface area contributed by atoms with E-state index < -0.39 is 16.1 Å². The lowest BCUT2D eigenvalue weighted by Crippen LogP contribution is -2.34. The minimum atomic E-state index is -3.83. The Morgan fingerprint density at radius 3 is 2.71 bits per heavy atom. The van der Waals surface area contributed by atoms with Gasteiger partial charge in [-0.3, -0.25) is 4.79 Å². The summed E-state index contributed by atoms with van der Waals surface area (Å²) in [6.45, 7) is 2.91. The molecule has 0 unspecified atom stereocenters. The fraction of sp³-hybridized carbons (Fsp3) is 0.476. The van der Waals surface area contributed by atoms with Crippen LogP contribution >= 0.6 is 0 Å². The highest BCUT2D eigenvalue weighted by Gasteiger charge is 2.40. The van der Waals surface area contributed by atoms with Crippen molar-refractivity contribution in [2.75, 3.05) is 19.8 Å². The minimum absolute atomic E-state index is 0.137. The zero-order valence-corrected chi connectivity index (χ0v) is 18.0. The lowest BCUT2D eigenvalue weighted by Gasteiger charge is -2.26. The Bertz CT molecular complexity index is 1130. The van der Waals surface area contributed by atoms with Gasteiger partial charge >= 0.3 is 0 Å². The molecular weight excluding hydrogens is 420 g/mol. The summed E-state index contributed by atoms with van der Waals surface area (Å²) in [5, 5.41) is 2.96. The summed E-state index contributed by atoms with van der Waals surface area (Å²) in [5.74, 6) is 1.21. The third kappa shape index (κ3) is 3.85. The first kappa shape index (κ1) is 20.2. The quantitative estimate of drug-likeness (QED) is 0.751. The van der Waals surface area contributed by atoms with Crippen molar-refractivity contribution in [1.29, 1.82) is 0 Å². The van der Waals surface area contributed by atoms with Gasteiger partial charge in [-0.2, -0.15) is 4.31 Å². The normalized spacial score (nSPS) is 21.1. The van der Waals surface area contributed by atoms with Crippen molar-refractivity contribution in [2.24, 2.45) is 0 Å². The molecule has 2 aliphatic heterocycles. The van der Waals surface area contributed by atoms with Gasteiger partial charge in [0.25, 0.3) is 5.91 Å². The Kier molecular flexibility index (Phi) is 5.05. The summed E-state index contributed by atoms with van der Waals surface area (Å²) < 4.78 is 39.6. The molecule has 5 rings (SSSR count). The average Bonchev–Trinajstić information content (AvgIpc) is 3.43. The monoisotopic (exact) mass is 444 g/mol. The molecule has 31 heavy (non-hydrogen) atoms. The molecule has 2 fully saturated rings. The first-order valence-corrected chi connectivity index (χ1v) is 11.9. The number of aryl methyl sites for hydroxylation is 1. The standard InChI is InChI=1S/C21H24N4O5S/c1-13-22-12-16(21(26)24-14-4-5-14)20(23-13)17-3-2-8-25(17)31(27,28)15-6-7-18-19(11-15)30-10-9-29-18/h6-7,11-12,14,17H,2-5,8-10H2,1H3,(H,24,26)/t17-/m0/s1. The van der Waals surface area contributed by atoms with Crippen LogP contribution in [-0.4, -0.2) is 54.4 Å². The number of fused-ring (bicyclic) bond motifs is 1. The van der Waals surface area contributed by atoms with Gasteiger partial charge in [-0.1, -0.05) is 0 Å². The molecule has 1 aliphatic carbocycles. The summed E-state index contributed by atoms with van der Waals surface area (Å²) in [6, 6.07) is 4.31. The van der Waals surface area contributed by atoms with Crippen LogP contribution in [0, 0.1) is 6.92 Å². The summed E-state index contributed by atoms with van der Waals surface area (Å²) in [4.78, 5) is 21.6. The van der Waals surface area contributed by atoms with Gasteiger partial charge in [-0.25, -0.2) is 18.4 Å². The van der Waals surface area contributed by atoms with E-state index in [9.17, 15) is 13.2 Å². The molecule has 1 N–H and O–H groups in total. The van der Waals surface area contributed by atoms with Gasteiger partial charge in [0.2, 0.25) is 10.0 Å². The number of aromatic nitrogens is 2. The molecule has 1 aromatic heterocycles. The lowest BCUT2D eigenvalue weighted by atomic mass is 10.1. The molecule has 0 spiro atoms. The van der Waals surface area contributed by atoms with E-state index in [2.05, 4.69) is 15.3 Å². The summed E-state index contributed by atoms with van der Waals surface area (Å²) >= 11 is 0. The second-order valence-corrected chi connectivity index (χ2v) is 9.93. The molecule has 1 amide bonds. The Morgan fingerprint density at radius 2 is 1.94 bits per heavy atom. The van der Waals surface area contributed by atoms with Crippen LogP contribution in [0.15, 0.2) is 29.3 Å². The largest absolute Gasteiger partial charge is 0.486 e. The average molecular weight is 445 g/mol. The summed E-state index contributed by atoms with van der Waals surface area (Å²) in [7, 11) is -3.83. The van der Waals surface area contributed by atoms with Crippen LogP contribution < -0.4 is 14.8 Å². The van der Waals surface area contributed by atoms with E-state index in [0.29, 0.717) is 61.2 Å². The van der Waals surface area contributed by atoms with E-state index in [4.69, 9.17) is 9.47 Å². The topological polar surface area (TPSA) is 111 Å². The Balaban J connectivity index is 1.50. The number of carbonyl (C=O) groups is 1. The summed E-state index contributed by atoms with van der Waals surface area (Å²) in [5.41, 5.74) is 0.802. The van der Waals surface area contributed by atoms with Crippen molar-refractivity contribution in [3.05, 3.63) is 41.5 Å². The van der Waals surface area contributed by atoms with Crippen LogP contribution in [0.25, 0.3) is 0 Å². The van der Waals surface area contributed by atoms with Crippen LogP contribution in [-0.2, 0) is 10.0 Å². The van der Waals surface area contributed by atoms with E-state index in [-0.39, 0.29) is 16.8 Å². The highest BCUT2D eigenvalue weighted by atomic mass is 32.2. The van der Waals surface area contributed by atoms with E-state index in [1.165, 1.54) is 22.6 Å². The first-order valence-electron chi connectivity index (χ1n) is 10.5. The lowest BCUT2D eigenvalue weighted by molar-refractivity contribution is 0.0947. The molecule has 1 atom stereocenters. The number of nitrogens with one attached hydrogen (secondary N) is 1. The van der Waals surface area contributed by atoms with Crippen LogP contribution in [0.3, 0.4) is 0 Å². The summed E-state index contributed by atoms with van der Waals surface area (Å²) in [6.07, 6.45) is 4.69. The Labute approximate surface area is 180 Å². The second kappa shape index (κ2) is 7.76. The number of ether oxygens (including phenoxy) is 2. The highest BCUT2D eigenvalue weighted by molar-refractivity contribution is 7.89. The Hall–Kier alpha value is -2.72. The van der Waals surface area contributed by atoms with E-state index in [1.54, 1.807) is 13.0 Å². The van der Waals surface area contributed by atoms with Gasteiger partial charge < -0.3 is 14.8 Å². The maximum atomic E-state index is 13.5. The molecule has 1 saturated heterocycles. The second-order valence-electron chi connectivity index (χ2n) is 8.04. The molecule has 0 bridgehead atoms. The van der Waals surface area contributed by atoms with Gasteiger partial charge in [-0.05, 0) is 44.7 Å². The number of rotatable bonds is 5. The number of hydrogen-bond acceptors (Lipinski definition) is 7. The predicted molar refractivity (Wildman–Crippen MR) is 111 cm³/mol.